The van der Waals surface area contributed by atoms with Gasteiger partial charge in [-0.3, -0.25) is 0 Å². The van der Waals surface area contributed by atoms with Gasteiger partial charge in [-0.1, -0.05) is 43.6 Å². The number of aldehydes is 1. The van der Waals surface area contributed by atoms with Gasteiger partial charge in [-0.05, 0) is 33.9 Å². The van der Waals surface area contributed by atoms with Gasteiger partial charge in [0.2, 0.25) is 0 Å². The van der Waals surface area contributed by atoms with Crippen LogP contribution >= 0.6 is 0 Å². The number of carbonyl (C=O) groups is 1. The molecule has 0 bridgehead atoms. The van der Waals surface area contributed by atoms with E-state index in [-0.39, 0.29) is 0 Å². The maximum Gasteiger partial charge on any atom is 0.120 e. The largest absolute Gasteiger partial charge is 0.303 e. The molecule has 0 aromatic heterocycles. The number of nitrogens with zero attached hydrogens (tertiary/aromatic N) is 1. The van der Waals surface area contributed by atoms with Crippen molar-refractivity contribution in [2.45, 2.75) is 52.5 Å². The van der Waals surface area contributed by atoms with Crippen LogP contribution in [0, 0.1) is 0 Å². The second-order valence-corrected chi connectivity index (χ2v) is 4.79. The number of likely N-dealkylation sites (N-methyl/N-ethyl adjacent to an activating group) is 1. The second kappa shape index (κ2) is 9.17. The Labute approximate surface area is 106 Å². The van der Waals surface area contributed by atoms with E-state index in [1.807, 2.05) is 0 Å². The van der Waals surface area contributed by atoms with Crippen molar-refractivity contribution >= 4 is 6.29 Å². The predicted molar refractivity (Wildman–Crippen MR) is 75.2 cm³/mol. The highest BCUT2D eigenvalue weighted by molar-refractivity contribution is 5.50. The normalized spacial score (nSPS) is 19.1. The van der Waals surface area contributed by atoms with E-state index in [0.717, 1.165) is 19.1 Å². The second-order valence-electron chi connectivity index (χ2n) is 4.79. The van der Waals surface area contributed by atoms with Crippen LogP contribution in [-0.4, -0.2) is 31.3 Å². The first-order chi connectivity index (χ1) is 8.06. The molecule has 0 aromatic carbocycles. The molecule has 0 N–H and O–H groups in total. The molecule has 0 radical (unpaired) electrons. The summed E-state index contributed by atoms with van der Waals surface area (Å²) < 4.78 is 0. The summed E-state index contributed by atoms with van der Waals surface area (Å²) in [4.78, 5) is 12.6. The summed E-state index contributed by atoms with van der Waals surface area (Å²) in [6.45, 7) is 6.37. The Morgan fingerprint density at radius 2 is 2.00 bits per heavy atom. The van der Waals surface area contributed by atoms with E-state index in [0.29, 0.717) is 12.5 Å². The summed E-state index contributed by atoms with van der Waals surface area (Å²) >= 11 is 0. The fourth-order valence-electron chi connectivity index (χ4n) is 1.90. The van der Waals surface area contributed by atoms with Crippen LogP contribution in [0.4, 0.5) is 0 Å². The van der Waals surface area contributed by atoms with Gasteiger partial charge in [-0.15, -0.1) is 0 Å². The van der Waals surface area contributed by atoms with Crippen molar-refractivity contribution in [3.05, 3.63) is 23.3 Å². The average molecular weight is 237 g/mol. The Morgan fingerprint density at radius 3 is 2.47 bits per heavy atom. The average Bonchev–Trinajstić information content (AvgIpc) is 2.27. The summed E-state index contributed by atoms with van der Waals surface area (Å²) in [7, 11) is 4.18. The fourth-order valence-corrected chi connectivity index (χ4v) is 1.90. The van der Waals surface area contributed by atoms with E-state index in [9.17, 15) is 4.79 Å². The number of hydrogen-bond acceptors (Lipinski definition) is 2. The van der Waals surface area contributed by atoms with Gasteiger partial charge in [0.05, 0.1) is 0 Å². The molecule has 1 rings (SSSR count). The zero-order valence-corrected chi connectivity index (χ0v) is 12.0. The van der Waals surface area contributed by atoms with Crippen molar-refractivity contribution in [1.82, 2.24) is 4.90 Å². The quantitative estimate of drug-likeness (QED) is 0.696. The van der Waals surface area contributed by atoms with Crippen LogP contribution in [0.1, 0.15) is 46.5 Å². The summed E-state index contributed by atoms with van der Waals surface area (Å²) in [5.74, 6) is 0. The molecule has 2 nitrogen and oxygen atoms in total. The van der Waals surface area contributed by atoms with Gasteiger partial charge in [0.25, 0.3) is 0 Å². The van der Waals surface area contributed by atoms with Crippen LogP contribution in [0.2, 0.25) is 0 Å². The van der Waals surface area contributed by atoms with E-state index < -0.39 is 0 Å². The first-order valence-electron chi connectivity index (χ1n) is 6.54. The molecule has 0 heterocycles. The topological polar surface area (TPSA) is 20.3 Å². The first kappa shape index (κ1) is 16.1. The molecule has 1 aliphatic rings. The lowest BCUT2D eigenvalue weighted by Gasteiger charge is -2.28. The SMILES string of the molecule is CC1=CCC(N(C)C)C(CCC=O)=C1.CCC. The van der Waals surface area contributed by atoms with Crippen LogP contribution in [0.15, 0.2) is 23.3 Å². The van der Waals surface area contributed by atoms with Crippen LogP contribution in [0.25, 0.3) is 0 Å². The standard InChI is InChI=1S/C12H19NO.C3H8/c1-10-6-7-12(13(2)3)11(9-10)5-4-8-14;1-3-2/h6,8-9,12H,4-5,7H2,1-3H3;3H2,1-2H3. The molecule has 2 heteroatoms. The van der Waals surface area contributed by atoms with E-state index in [1.165, 1.54) is 17.6 Å². The molecular formula is C15H27NO. The summed E-state index contributed by atoms with van der Waals surface area (Å²) in [5, 5.41) is 0. The van der Waals surface area contributed by atoms with Crippen molar-refractivity contribution < 1.29 is 4.79 Å². The van der Waals surface area contributed by atoms with Crippen molar-refractivity contribution in [1.29, 1.82) is 0 Å². The summed E-state index contributed by atoms with van der Waals surface area (Å²) in [6, 6.07) is 0.485. The van der Waals surface area contributed by atoms with Gasteiger partial charge in [0.15, 0.2) is 0 Å². The van der Waals surface area contributed by atoms with E-state index in [1.54, 1.807) is 0 Å². The smallest absolute Gasteiger partial charge is 0.120 e. The highest BCUT2D eigenvalue weighted by Gasteiger charge is 2.17. The minimum Gasteiger partial charge on any atom is -0.303 e. The third-order valence-corrected chi connectivity index (χ3v) is 2.68. The minimum absolute atomic E-state index is 0.485. The third kappa shape index (κ3) is 6.42. The summed E-state index contributed by atoms with van der Waals surface area (Å²) in [6.07, 6.45) is 9.35. The van der Waals surface area contributed by atoms with Crippen molar-refractivity contribution in [3.8, 4) is 0 Å². The highest BCUT2D eigenvalue weighted by atomic mass is 16.1. The van der Waals surface area contributed by atoms with E-state index in [2.05, 4.69) is 51.9 Å². The predicted octanol–water partition coefficient (Wildman–Crippen LogP) is 3.59. The molecule has 1 aliphatic carbocycles. The number of rotatable bonds is 4. The monoisotopic (exact) mass is 237 g/mol. The maximum atomic E-state index is 10.4. The van der Waals surface area contributed by atoms with Crippen LogP contribution < -0.4 is 0 Å². The molecule has 0 amide bonds. The molecule has 17 heavy (non-hydrogen) atoms. The molecule has 98 valence electrons. The van der Waals surface area contributed by atoms with Gasteiger partial charge in [0.1, 0.15) is 6.29 Å². The van der Waals surface area contributed by atoms with Crippen molar-refractivity contribution in [2.24, 2.45) is 0 Å². The zero-order chi connectivity index (χ0) is 13.3. The molecular weight excluding hydrogens is 210 g/mol. The van der Waals surface area contributed by atoms with E-state index in [4.69, 9.17) is 0 Å². The first-order valence-corrected chi connectivity index (χ1v) is 6.54. The number of carbonyl (C=O) groups excluding carboxylic acids is 1. The van der Waals surface area contributed by atoms with Crippen LogP contribution in [-0.2, 0) is 4.79 Å². The third-order valence-electron chi connectivity index (χ3n) is 2.68. The van der Waals surface area contributed by atoms with Gasteiger partial charge >= 0.3 is 0 Å². The van der Waals surface area contributed by atoms with Crippen LogP contribution in [0.3, 0.4) is 0 Å². The molecule has 0 aromatic rings. The molecule has 0 aliphatic heterocycles. The highest BCUT2D eigenvalue weighted by Crippen LogP contribution is 2.24. The molecule has 1 atom stereocenters. The fraction of sp³-hybridized carbons (Fsp3) is 0.667. The Balaban J connectivity index is 0.000000770. The maximum absolute atomic E-state index is 10.4. The van der Waals surface area contributed by atoms with E-state index >= 15 is 0 Å². The summed E-state index contributed by atoms with van der Waals surface area (Å²) in [5.41, 5.74) is 2.71. The Bertz CT molecular complexity index is 277. The number of hydrogen-bond donors (Lipinski definition) is 0. The lowest BCUT2D eigenvalue weighted by Crippen LogP contribution is -2.30. The minimum atomic E-state index is 0.485. The zero-order valence-electron chi connectivity index (χ0n) is 12.0. The Morgan fingerprint density at radius 1 is 1.41 bits per heavy atom. The molecule has 1 unspecified atom stereocenters. The molecule has 0 saturated carbocycles. The van der Waals surface area contributed by atoms with Crippen molar-refractivity contribution in [3.63, 3.8) is 0 Å². The van der Waals surface area contributed by atoms with Gasteiger partial charge in [0, 0.05) is 12.5 Å². The van der Waals surface area contributed by atoms with Gasteiger partial charge in [-0.2, -0.15) is 0 Å². The lowest BCUT2D eigenvalue weighted by atomic mass is 9.91. The van der Waals surface area contributed by atoms with Gasteiger partial charge < -0.3 is 9.69 Å². The van der Waals surface area contributed by atoms with Gasteiger partial charge in [-0.25, -0.2) is 0 Å². The van der Waals surface area contributed by atoms with Crippen molar-refractivity contribution in [2.75, 3.05) is 14.1 Å². The number of allylic oxidation sites excluding steroid dienone is 2. The Hall–Kier alpha value is -0.890. The molecule has 0 spiro atoms. The molecule has 0 saturated heterocycles. The van der Waals surface area contributed by atoms with Crippen LogP contribution in [0.5, 0.6) is 0 Å². The molecule has 0 fully saturated rings. The lowest BCUT2D eigenvalue weighted by molar-refractivity contribution is -0.107. The Kier molecular flexibility index (Phi) is 8.69.